The average molecular weight is 484 g/mol. The maximum atomic E-state index is 12.8. The van der Waals surface area contributed by atoms with Gasteiger partial charge in [0, 0.05) is 16.8 Å². The molecule has 0 radical (unpaired) electrons. The van der Waals surface area contributed by atoms with E-state index >= 15 is 0 Å². The molecule has 1 N–H and O–H groups in total. The quantitative estimate of drug-likeness (QED) is 0.266. The number of aromatic nitrogens is 4. The highest BCUT2D eigenvalue weighted by molar-refractivity contribution is 8.00. The molecule has 1 amide bonds. The topological polar surface area (TPSA) is 72.7 Å². The number of aryl methyl sites for hydroxylation is 1. The van der Waals surface area contributed by atoms with Crippen LogP contribution in [0.25, 0.3) is 17.1 Å². The summed E-state index contributed by atoms with van der Waals surface area (Å²) in [5, 5.41) is 12.7. The number of nitrogens with zero attached hydrogens (tertiary/aromatic N) is 4. The summed E-state index contributed by atoms with van der Waals surface area (Å²) in [5.74, 6) is 0.457. The highest BCUT2D eigenvalue weighted by Gasteiger charge is 2.23. The van der Waals surface area contributed by atoms with E-state index in [2.05, 4.69) is 20.5 Å². The van der Waals surface area contributed by atoms with Gasteiger partial charge in [-0.2, -0.15) is 0 Å². The molecule has 0 aliphatic carbocycles. The van der Waals surface area contributed by atoms with E-state index in [-0.39, 0.29) is 11.1 Å². The number of benzene rings is 2. The van der Waals surface area contributed by atoms with Crippen LogP contribution in [-0.2, 0) is 4.79 Å². The molecule has 9 heteroatoms. The normalized spacial score (nSPS) is 11.9. The average Bonchev–Trinajstić information content (AvgIpc) is 3.19. The number of para-hydroxylation sites is 1. The molecule has 0 aliphatic rings. The zero-order chi connectivity index (χ0) is 22.7. The van der Waals surface area contributed by atoms with E-state index < -0.39 is 5.25 Å². The second kappa shape index (κ2) is 9.73. The number of nitrogens with one attached hydrogen (secondary N) is 1. The zero-order valence-electron chi connectivity index (χ0n) is 17.3. The SMILES string of the molecule is Cc1ccccc1-n1c(SC(C)C(=O)Nc2cccnc2Cl)nnc1-c1ccc(Cl)cc1. The summed E-state index contributed by atoms with van der Waals surface area (Å²) in [7, 11) is 0. The summed E-state index contributed by atoms with van der Waals surface area (Å²) >= 11 is 13.4. The van der Waals surface area contributed by atoms with Crippen LogP contribution < -0.4 is 5.32 Å². The van der Waals surface area contributed by atoms with Gasteiger partial charge in [0.15, 0.2) is 16.1 Å². The lowest BCUT2D eigenvalue weighted by atomic mass is 10.1. The molecule has 2 heterocycles. The molecule has 0 saturated carbocycles. The Labute approximate surface area is 200 Å². The summed E-state index contributed by atoms with van der Waals surface area (Å²) in [5.41, 5.74) is 3.33. The fourth-order valence-electron chi connectivity index (χ4n) is 3.09. The van der Waals surface area contributed by atoms with E-state index in [4.69, 9.17) is 23.2 Å². The molecule has 0 aliphatic heterocycles. The van der Waals surface area contributed by atoms with Crippen molar-refractivity contribution in [1.82, 2.24) is 19.7 Å². The number of carbonyl (C=O) groups is 1. The van der Waals surface area contributed by atoms with Crippen LogP contribution in [0, 0.1) is 6.92 Å². The number of anilines is 1. The van der Waals surface area contributed by atoms with E-state index in [0.29, 0.717) is 21.7 Å². The molecule has 0 spiro atoms. The van der Waals surface area contributed by atoms with Crippen molar-refractivity contribution < 1.29 is 4.79 Å². The molecule has 4 aromatic rings. The van der Waals surface area contributed by atoms with Crippen molar-refractivity contribution in [2.75, 3.05) is 5.32 Å². The molecular weight excluding hydrogens is 465 g/mol. The van der Waals surface area contributed by atoms with Crippen LogP contribution in [0.4, 0.5) is 5.69 Å². The van der Waals surface area contributed by atoms with Crippen molar-refractivity contribution in [3.8, 4) is 17.1 Å². The first-order chi connectivity index (χ1) is 15.4. The van der Waals surface area contributed by atoms with E-state index in [1.807, 2.05) is 66.9 Å². The Hall–Kier alpha value is -2.87. The van der Waals surface area contributed by atoms with Crippen LogP contribution in [0.5, 0.6) is 0 Å². The van der Waals surface area contributed by atoms with Gasteiger partial charge in [-0.3, -0.25) is 9.36 Å². The molecular formula is C23H19Cl2N5OS. The van der Waals surface area contributed by atoms with Crippen molar-refractivity contribution in [3.05, 3.63) is 82.6 Å². The molecule has 1 atom stereocenters. The Morgan fingerprint density at radius 3 is 2.50 bits per heavy atom. The molecule has 32 heavy (non-hydrogen) atoms. The van der Waals surface area contributed by atoms with E-state index in [0.717, 1.165) is 16.8 Å². The molecule has 2 aromatic heterocycles. The monoisotopic (exact) mass is 483 g/mol. The number of thioether (sulfide) groups is 1. The van der Waals surface area contributed by atoms with Gasteiger partial charge in [0.1, 0.15) is 0 Å². The molecule has 4 rings (SSSR count). The van der Waals surface area contributed by atoms with E-state index in [1.165, 1.54) is 11.8 Å². The number of amides is 1. The predicted molar refractivity (Wildman–Crippen MR) is 130 cm³/mol. The number of carbonyl (C=O) groups excluding carboxylic acids is 1. The fourth-order valence-corrected chi connectivity index (χ4v) is 4.24. The molecule has 162 valence electrons. The van der Waals surface area contributed by atoms with Crippen LogP contribution in [-0.4, -0.2) is 30.9 Å². The van der Waals surface area contributed by atoms with Gasteiger partial charge in [0.2, 0.25) is 5.91 Å². The number of halogens is 2. The Bertz CT molecular complexity index is 1260. The van der Waals surface area contributed by atoms with Gasteiger partial charge in [-0.25, -0.2) is 4.98 Å². The summed E-state index contributed by atoms with van der Waals surface area (Å²) < 4.78 is 1.96. The van der Waals surface area contributed by atoms with Crippen LogP contribution in [0.3, 0.4) is 0 Å². The largest absolute Gasteiger partial charge is 0.322 e. The lowest BCUT2D eigenvalue weighted by molar-refractivity contribution is -0.115. The van der Waals surface area contributed by atoms with Crippen molar-refractivity contribution in [2.24, 2.45) is 0 Å². The van der Waals surface area contributed by atoms with Crippen molar-refractivity contribution >= 4 is 46.6 Å². The number of rotatable bonds is 6. The summed E-state index contributed by atoms with van der Waals surface area (Å²) in [6, 6.07) is 18.8. The lowest BCUT2D eigenvalue weighted by Crippen LogP contribution is -2.23. The minimum absolute atomic E-state index is 0.211. The summed E-state index contributed by atoms with van der Waals surface area (Å²) in [6.45, 7) is 3.83. The number of hydrogen-bond donors (Lipinski definition) is 1. The van der Waals surface area contributed by atoms with Gasteiger partial charge >= 0.3 is 0 Å². The van der Waals surface area contributed by atoms with Crippen LogP contribution in [0.15, 0.2) is 72.0 Å². The maximum absolute atomic E-state index is 12.8. The van der Waals surface area contributed by atoms with Gasteiger partial charge in [0.25, 0.3) is 0 Å². The third-order valence-electron chi connectivity index (χ3n) is 4.76. The molecule has 1 unspecified atom stereocenters. The van der Waals surface area contributed by atoms with Gasteiger partial charge in [-0.1, -0.05) is 53.2 Å². The smallest absolute Gasteiger partial charge is 0.237 e. The predicted octanol–water partition coefficient (Wildman–Crippen LogP) is 6.06. The first kappa shape index (κ1) is 22.3. The molecule has 0 fully saturated rings. The summed E-state index contributed by atoms with van der Waals surface area (Å²) in [4.78, 5) is 16.8. The second-order valence-corrected chi connectivity index (χ2v) is 9.13. The third kappa shape index (κ3) is 4.80. The molecule has 6 nitrogen and oxygen atoms in total. The standard InChI is InChI=1S/C23H19Cl2N5OS/c1-14-6-3-4-8-19(14)30-21(16-9-11-17(24)12-10-16)28-29-23(30)32-15(2)22(31)27-18-7-5-13-26-20(18)25/h3-13,15H,1-2H3,(H,27,31). The van der Waals surface area contributed by atoms with E-state index in [1.54, 1.807) is 18.3 Å². The highest BCUT2D eigenvalue weighted by atomic mass is 35.5. The molecule has 2 aromatic carbocycles. The lowest BCUT2D eigenvalue weighted by Gasteiger charge is -2.15. The van der Waals surface area contributed by atoms with Crippen LogP contribution in [0.2, 0.25) is 10.2 Å². The number of pyridine rings is 1. The minimum atomic E-state index is -0.462. The van der Waals surface area contributed by atoms with Gasteiger partial charge < -0.3 is 5.32 Å². The third-order valence-corrected chi connectivity index (χ3v) is 6.36. The number of hydrogen-bond acceptors (Lipinski definition) is 5. The fraction of sp³-hybridized carbons (Fsp3) is 0.130. The minimum Gasteiger partial charge on any atom is -0.322 e. The first-order valence-corrected chi connectivity index (χ1v) is 11.4. The molecule has 0 bridgehead atoms. The first-order valence-electron chi connectivity index (χ1n) is 9.79. The Morgan fingerprint density at radius 1 is 1.03 bits per heavy atom. The second-order valence-electron chi connectivity index (χ2n) is 7.03. The van der Waals surface area contributed by atoms with Gasteiger partial charge in [-0.05, 0) is 61.9 Å². The van der Waals surface area contributed by atoms with Gasteiger partial charge in [0.05, 0.1) is 16.6 Å². The van der Waals surface area contributed by atoms with Crippen molar-refractivity contribution in [2.45, 2.75) is 24.3 Å². The van der Waals surface area contributed by atoms with Gasteiger partial charge in [-0.15, -0.1) is 10.2 Å². The summed E-state index contributed by atoms with van der Waals surface area (Å²) in [6.07, 6.45) is 1.57. The highest BCUT2D eigenvalue weighted by Crippen LogP contribution is 2.32. The van der Waals surface area contributed by atoms with Crippen LogP contribution in [0.1, 0.15) is 12.5 Å². The Morgan fingerprint density at radius 2 is 1.78 bits per heavy atom. The Kier molecular flexibility index (Phi) is 6.79. The van der Waals surface area contributed by atoms with Crippen LogP contribution >= 0.6 is 35.0 Å². The maximum Gasteiger partial charge on any atom is 0.237 e. The molecule has 0 saturated heterocycles. The Balaban J connectivity index is 1.68. The van der Waals surface area contributed by atoms with Crippen molar-refractivity contribution in [1.29, 1.82) is 0 Å². The van der Waals surface area contributed by atoms with Crippen molar-refractivity contribution in [3.63, 3.8) is 0 Å². The van der Waals surface area contributed by atoms with E-state index in [9.17, 15) is 4.79 Å². The zero-order valence-corrected chi connectivity index (χ0v) is 19.6.